The van der Waals surface area contributed by atoms with Gasteiger partial charge in [-0.2, -0.15) is 0 Å². The van der Waals surface area contributed by atoms with Crippen molar-refractivity contribution in [2.45, 2.75) is 12.6 Å². The van der Waals surface area contributed by atoms with Crippen LogP contribution in [0.4, 0.5) is 11.6 Å². The van der Waals surface area contributed by atoms with E-state index in [1.165, 1.54) is 16.8 Å². The summed E-state index contributed by atoms with van der Waals surface area (Å²) in [5, 5.41) is 27.2. The molecule has 0 amide bonds. The molecule has 26 heavy (non-hydrogen) atoms. The molecule has 0 bridgehead atoms. The molecule has 0 aliphatic carbocycles. The van der Waals surface area contributed by atoms with Gasteiger partial charge in [0.05, 0.1) is 21.6 Å². The second kappa shape index (κ2) is 7.74. The molecule has 1 aromatic heterocycles. The van der Waals surface area contributed by atoms with Gasteiger partial charge >= 0.3 is 11.6 Å². The summed E-state index contributed by atoms with van der Waals surface area (Å²) in [6.07, 6.45) is -0.901. The van der Waals surface area contributed by atoms with Gasteiger partial charge in [0.25, 0.3) is 0 Å². The minimum absolute atomic E-state index is 0.0251. The summed E-state index contributed by atoms with van der Waals surface area (Å²) in [6.45, 7) is -0.0251. The van der Waals surface area contributed by atoms with Crippen LogP contribution in [0.3, 0.4) is 0 Å². The summed E-state index contributed by atoms with van der Waals surface area (Å²) in [5.41, 5.74) is 6.61. The molecule has 2 aromatic carbocycles. The average Bonchev–Trinajstić information content (AvgIpc) is 2.99. The molecule has 0 aliphatic heterocycles. The molecule has 9 heteroatoms. The van der Waals surface area contributed by atoms with Gasteiger partial charge < -0.3 is 15.9 Å². The van der Waals surface area contributed by atoms with Crippen LogP contribution in [0.5, 0.6) is 0 Å². The van der Waals surface area contributed by atoms with Gasteiger partial charge in [-0.3, -0.25) is 9.52 Å². The SMILES string of the molecule is Nc1on[n+](CC(O)c2ccccc2)c1C([O-])=Nc1ccc(Cl)c(Cl)c1. The van der Waals surface area contributed by atoms with Crippen LogP contribution in [0, 0.1) is 0 Å². The predicted octanol–water partition coefficient (Wildman–Crippen LogP) is 2.02. The van der Waals surface area contributed by atoms with E-state index in [4.69, 9.17) is 33.5 Å². The first-order valence-electron chi connectivity index (χ1n) is 7.55. The molecule has 1 heterocycles. The molecule has 0 spiro atoms. The standard InChI is InChI=1S/C17H14Cl2N4O3/c18-12-7-6-11(8-13(12)19)21-17(25)15-16(20)26-22-23(15)9-14(24)10-4-2-1-3-5-10/h1-8,14,24H,9H2,(H2-,20,21,22,25). The van der Waals surface area contributed by atoms with Crippen molar-refractivity contribution in [3.05, 3.63) is 69.8 Å². The number of aliphatic hydroxyl groups excluding tert-OH is 1. The molecule has 3 rings (SSSR count). The van der Waals surface area contributed by atoms with Crippen molar-refractivity contribution in [3.8, 4) is 0 Å². The van der Waals surface area contributed by atoms with Gasteiger partial charge in [0.2, 0.25) is 11.8 Å². The first-order valence-corrected chi connectivity index (χ1v) is 8.30. The predicted molar refractivity (Wildman–Crippen MR) is 95.2 cm³/mol. The van der Waals surface area contributed by atoms with Gasteiger partial charge in [-0.25, -0.2) is 0 Å². The van der Waals surface area contributed by atoms with Crippen LogP contribution in [0.15, 0.2) is 58.0 Å². The highest BCUT2D eigenvalue weighted by Crippen LogP contribution is 2.27. The molecule has 134 valence electrons. The molecule has 0 saturated carbocycles. The third kappa shape index (κ3) is 3.96. The van der Waals surface area contributed by atoms with Crippen LogP contribution in [0.25, 0.3) is 0 Å². The number of benzene rings is 2. The Kier molecular flexibility index (Phi) is 5.41. The fourth-order valence-electron chi connectivity index (χ4n) is 2.31. The number of hydrogen-bond donors (Lipinski definition) is 2. The third-order valence-electron chi connectivity index (χ3n) is 3.60. The minimum Gasteiger partial charge on any atom is -0.854 e. The maximum atomic E-state index is 12.5. The zero-order valence-corrected chi connectivity index (χ0v) is 14.9. The molecular formula is C17H14Cl2N4O3. The summed E-state index contributed by atoms with van der Waals surface area (Å²) >= 11 is 11.8. The van der Waals surface area contributed by atoms with Gasteiger partial charge in [-0.1, -0.05) is 53.5 Å². The molecule has 1 atom stereocenters. The maximum absolute atomic E-state index is 12.5. The summed E-state index contributed by atoms with van der Waals surface area (Å²) in [4.78, 5) is 3.94. The van der Waals surface area contributed by atoms with E-state index in [9.17, 15) is 10.2 Å². The first kappa shape index (κ1) is 18.2. The number of aliphatic hydroxyl groups is 1. The van der Waals surface area contributed by atoms with Gasteiger partial charge in [-0.05, 0) is 28.4 Å². The smallest absolute Gasteiger partial charge is 0.308 e. The van der Waals surface area contributed by atoms with Crippen LogP contribution < -0.4 is 15.5 Å². The Bertz CT molecular complexity index is 944. The largest absolute Gasteiger partial charge is 0.854 e. The molecule has 0 fully saturated rings. The maximum Gasteiger partial charge on any atom is 0.308 e. The first-order chi connectivity index (χ1) is 12.5. The lowest BCUT2D eigenvalue weighted by Gasteiger charge is -2.08. The van der Waals surface area contributed by atoms with Crippen LogP contribution in [0.2, 0.25) is 10.0 Å². The Morgan fingerprint density at radius 1 is 1.23 bits per heavy atom. The fraction of sp³-hybridized carbons (Fsp3) is 0.118. The average molecular weight is 393 g/mol. The van der Waals surface area contributed by atoms with Crippen LogP contribution in [-0.4, -0.2) is 16.3 Å². The topological polar surface area (TPSA) is 112 Å². The number of aliphatic imine (C=N–C) groups is 1. The molecule has 0 aliphatic rings. The van der Waals surface area contributed by atoms with Crippen LogP contribution >= 0.6 is 23.2 Å². The van der Waals surface area contributed by atoms with Gasteiger partial charge in [0.15, 0.2) is 0 Å². The lowest BCUT2D eigenvalue weighted by atomic mass is 10.1. The quantitative estimate of drug-likeness (QED) is 0.391. The molecule has 3 N–H and O–H groups in total. The van der Waals surface area contributed by atoms with Crippen LogP contribution in [-0.2, 0) is 6.54 Å². The number of nitrogens with two attached hydrogens (primary N) is 1. The van der Waals surface area contributed by atoms with Crippen LogP contribution in [0.1, 0.15) is 17.4 Å². The highest BCUT2D eigenvalue weighted by atomic mass is 35.5. The summed E-state index contributed by atoms with van der Waals surface area (Å²) in [5.74, 6) is -0.874. The number of aromatic nitrogens is 2. The van der Waals surface area contributed by atoms with E-state index < -0.39 is 12.0 Å². The number of hydrogen-bond acceptors (Lipinski definition) is 6. The van der Waals surface area contributed by atoms with E-state index in [1.807, 2.05) is 6.07 Å². The van der Waals surface area contributed by atoms with Crippen molar-refractivity contribution in [3.63, 3.8) is 0 Å². The van der Waals surface area contributed by atoms with Crippen molar-refractivity contribution in [1.29, 1.82) is 0 Å². The monoisotopic (exact) mass is 392 g/mol. The van der Waals surface area contributed by atoms with Crippen molar-refractivity contribution in [2.24, 2.45) is 4.99 Å². The van der Waals surface area contributed by atoms with E-state index in [1.54, 1.807) is 30.3 Å². The number of halogens is 2. The lowest BCUT2D eigenvalue weighted by Crippen LogP contribution is -2.46. The van der Waals surface area contributed by atoms with Crippen molar-refractivity contribution in [2.75, 3.05) is 5.73 Å². The van der Waals surface area contributed by atoms with E-state index in [-0.39, 0.29) is 23.1 Å². The molecule has 0 saturated heterocycles. The Labute approximate surface area is 158 Å². The molecule has 3 aromatic rings. The summed E-state index contributed by atoms with van der Waals surface area (Å²) < 4.78 is 6.06. The van der Waals surface area contributed by atoms with Gasteiger partial charge in [0.1, 0.15) is 6.10 Å². The van der Waals surface area contributed by atoms with Crippen molar-refractivity contribution >= 4 is 40.7 Å². The second-order valence-electron chi connectivity index (χ2n) is 5.41. The van der Waals surface area contributed by atoms with Gasteiger partial charge in [-0.15, -0.1) is 0 Å². The highest BCUT2D eigenvalue weighted by molar-refractivity contribution is 6.42. The summed E-state index contributed by atoms with van der Waals surface area (Å²) in [7, 11) is 0. The number of nitrogen functional groups attached to an aromatic ring is 1. The Morgan fingerprint density at radius 3 is 2.65 bits per heavy atom. The van der Waals surface area contributed by atoms with Gasteiger partial charge in [0, 0.05) is 0 Å². The molecule has 0 radical (unpaired) electrons. The van der Waals surface area contributed by atoms with E-state index in [0.717, 1.165) is 0 Å². The lowest BCUT2D eigenvalue weighted by molar-refractivity contribution is -0.770. The third-order valence-corrected chi connectivity index (χ3v) is 4.33. The second-order valence-corrected chi connectivity index (χ2v) is 6.22. The van der Waals surface area contributed by atoms with E-state index in [0.29, 0.717) is 16.3 Å². The normalized spacial score (nSPS) is 13.0. The zero-order chi connectivity index (χ0) is 18.7. The molecular weight excluding hydrogens is 379 g/mol. The highest BCUT2D eigenvalue weighted by Gasteiger charge is 2.26. The zero-order valence-electron chi connectivity index (χ0n) is 13.3. The van der Waals surface area contributed by atoms with Crippen molar-refractivity contribution in [1.82, 2.24) is 5.27 Å². The fourth-order valence-corrected chi connectivity index (χ4v) is 2.61. The number of nitrogens with zero attached hydrogens (tertiary/aromatic N) is 3. The van der Waals surface area contributed by atoms with E-state index >= 15 is 0 Å². The van der Waals surface area contributed by atoms with Crippen molar-refractivity contribution < 1.29 is 19.4 Å². The minimum atomic E-state index is -0.901. The Morgan fingerprint density at radius 2 is 1.96 bits per heavy atom. The number of rotatable bonds is 5. The number of anilines is 1. The molecule has 7 nitrogen and oxygen atoms in total. The Balaban J connectivity index is 1.89. The Hall–Kier alpha value is -2.61. The van der Waals surface area contributed by atoms with E-state index in [2.05, 4.69) is 10.3 Å². The molecule has 1 unspecified atom stereocenters. The summed E-state index contributed by atoms with van der Waals surface area (Å²) in [6, 6.07) is 13.5.